The van der Waals surface area contributed by atoms with Crippen LogP contribution < -0.4 is 4.74 Å². The lowest BCUT2D eigenvalue weighted by Crippen LogP contribution is -1.93. The molecule has 108 valence electrons. The number of carbonyl (C=O) groups excluding carboxylic acids is 1. The van der Waals surface area contributed by atoms with Crippen molar-refractivity contribution in [3.8, 4) is 11.5 Å². The molecule has 0 fully saturated rings. The molecule has 2 rings (SSSR count). The van der Waals surface area contributed by atoms with Crippen molar-refractivity contribution in [2.24, 2.45) is 0 Å². The number of phenolic OH excluding ortho intramolecular Hbond substituents is 1. The number of aromatic hydroxyl groups is 1. The molecule has 0 spiro atoms. The van der Waals surface area contributed by atoms with E-state index in [1.807, 2.05) is 19.1 Å². The number of methoxy groups -OCH3 is 1. The number of hydrogen-bond donors (Lipinski definition) is 1. The van der Waals surface area contributed by atoms with Crippen LogP contribution in [0, 0.1) is 6.92 Å². The van der Waals surface area contributed by atoms with Gasteiger partial charge >= 0.3 is 0 Å². The molecule has 0 unspecified atom stereocenters. The Balaban J connectivity index is 2.23. The lowest BCUT2D eigenvalue weighted by molar-refractivity contribution is 0.104. The first-order valence-corrected chi connectivity index (χ1v) is 7.16. The number of rotatable bonds is 4. The molecular weight excluding hydrogens is 332 g/mol. The summed E-state index contributed by atoms with van der Waals surface area (Å²) in [5.74, 6) is 0.324. The molecule has 4 heteroatoms. The third kappa shape index (κ3) is 3.73. The number of hydrogen-bond acceptors (Lipinski definition) is 3. The summed E-state index contributed by atoms with van der Waals surface area (Å²) in [6.07, 6.45) is 3.19. The van der Waals surface area contributed by atoms with Gasteiger partial charge in [-0.15, -0.1) is 0 Å². The minimum atomic E-state index is -0.0711. The molecule has 0 atom stereocenters. The highest BCUT2D eigenvalue weighted by molar-refractivity contribution is 9.10. The highest BCUT2D eigenvalue weighted by Crippen LogP contribution is 2.35. The standard InChI is InChI=1S/C17H15BrO3/c1-11-3-6-13(7-4-11)15(19)8-5-12-9-14(18)17(20)16(10-12)21-2/h3-10,20H,1-2H3/b8-5+. The van der Waals surface area contributed by atoms with Crippen molar-refractivity contribution in [2.75, 3.05) is 7.11 Å². The molecule has 2 aromatic rings. The van der Waals surface area contributed by atoms with Gasteiger partial charge in [0.1, 0.15) is 0 Å². The minimum Gasteiger partial charge on any atom is -0.503 e. The van der Waals surface area contributed by atoms with Crippen LogP contribution in [0.4, 0.5) is 0 Å². The summed E-state index contributed by atoms with van der Waals surface area (Å²) in [7, 11) is 1.48. The van der Waals surface area contributed by atoms with Gasteiger partial charge in [0.15, 0.2) is 17.3 Å². The fraction of sp³-hybridized carbons (Fsp3) is 0.118. The Labute approximate surface area is 132 Å². The van der Waals surface area contributed by atoms with Gasteiger partial charge < -0.3 is 9.84 Å². The van der Waals surface area contributed by atoms with Gasteiger partial charge in [0, 0.05) is 5.56 Å². The molecule has 21 heavy (non-hydrogen) atoms. The quantitative estimate of drug-likeness (QED) is 0.660. The van der Waals surface area contributed by atoms with Crippen LogP contribution in [-0.2, 0) is 0 Å². The van der Waals surface area contributed by atoms with Gasteiger partial charge in [-0.3, -0.25) is 4.79 Å². The van der Waals surface area contributed by atoms with E-state index < -0.39 is 0 Å². The van der Waals surface area contributed by atoms with Gasteiger partial charge in [-0.2, -0.15) is 0 Å². The van der Waals surface area contributed by atoms with Crippen molar-refractivity contribution in [1.82, 2.24) is 0 Å². The van der Waals surface area contributed by atoms with Crippen molar-refractivity contribution < 1.29 is 14.6 Å². The minimum absolute atomic E-state index is 0.0412. The molecule has 0 aliphatic heterocycles. The van der Waals surface area contributed by atoms with Crippen LogP contribution in [0.1, 0.15) is 21.5 Å². The highest BCUT2D eigenvalue weighted by Gasteiger charge is 2.07. The normalized spacial score (nSPS) is 10.8. The predicted molar refractivity (Wildman–Crippen MR) is 86.9 cm³/mol. The first-order chi connectivity index (χ1) is 10.0. The maximum atomic E-state index is 12.1. The van der Waals surface area contributed by atoms with Crippen LogP contribution in [0.25, 0.3) is 6.08 Å². The van der Waals surface area contributed by atoms with E-state index >= 15 is 0 Å². The maximum Gasteiger partial charge on any atom is 0.185 e. The van der Waals surface area contributed by atoms with E-state index in [0.29, 0.717) is 15.8 Å². The lowest BCUT2D eigenvalue weighted by atomic mass is 10.1. The summed E-state index contributed by atoms with van der Waals surface area (Å²) < 4.78 is 5.59. The zero-order valence-electron chi connectivity index (χ0n) is 11.8. The van der Waals surface area contributed by atoms with E-state index in [1.165, 1.54) is 13.2 Å². The number of aryl methyl sites for hydroxylation is 1. The Kier molecular flexibility index (Phi) is 4.81. The van der Waals surface area contributed by atoms with Crippen LogP contribution in [0.3, 0.4) is 0 Å². The predicted octanol–water partition coefficient (Wildman–Crippen LogP) is 4.37. The molecule has 0 aliphatic rings. The Morgan fingerprint density at radius 2 is 1.90 bits per heavy atom. The van der Waals surface area contributed by atoms with E-state index in [4.69, 9.17) is 4.74 Å². The van der Waals surface area contributed by atoms with Crippen molar-refractivity contribution >= 4 is 27.8 Å². The summed E-state index contributed by atoms with van der Waals surface area (Å²) in [4.78, 5) is 12.1. The van der Waals surface area contributed by atoms with Crippen molar-refractivity contribution in [1.29, 1.82) is 0 Å². The number of phenols is 1. The van der Waals surface area contributed by atoms with Crippen molar-refractivity contribution in [3.05, 3.63) is 63.6 Å². The zero-order valence-corrected chi connectivity index (χ0v) is 13.3. The van der Waals surface area contributed by atoms with Crippen molar-refractivity contribution in [2.45, 2.75) is 6.92 Å². The van der Waals surface area contributed by atoms with Crippen LogP contribution >= 0.6 is 15.9 Å². The van der Waals surface area contributed by atoms with E-state index in [9.17, 15) is 9.90 Å². The van der Waals surface area contributed by atoms with E-state index in [0.717, 1.165) is 11.1 Å². The zero-order chi connectivity index (χ0) is 15.4. The molecule has 0 aliphatic carbocycles. The molecule has 0 saturated heterocycles. The lowest BCUT2D eigenvalue weighted by Gasteiger charge is -2.06. The van der Waals surface area contributed by atoms with Gasteiger partial charge in [0.05, 0.1) is 11.6 Å². The Morgan fingerprint density at radius 1 is 1.24 bits per heavy atom. The fourth-order valence-corrected chi connectivity index (χ4v) is 2.29. The molecule has 3 nitrogen and oxygen atoms in total. The van der Waals surface area contributed by atoms with Gasteiger partial charge in [-0.05, 0) is 46.6 Å². The van der Waals surface area contributed by atoms with Crippen LogP contribution in [0.15, 0.2) is 46.9 Å². The number of ether oxygens (including phenoxy) is 1. The Hall–Kier alpha value is -2.07. The third-order valence-corrected chi connectivity index (χ3v) is 3.64. The van der Waals surface area contributed by atoms with Crippen LogP contribution in [0.2, 0.25) is 0 Å². The number of benzene rings is 2. The Bertz CT molecular complexity index is 688. The summed E-state index contributed by atoms with van der Waals surface area (Å²) in [5.41, 5.74) is 2.52. The molecule has 0 bridgehead atoms. The number of carbonyl (C=O) groups is 1. The summed E-state index contributed by atoms with van der Waals surface area (Å²) in [5, 5.41) is 9.74. The van der Waals surface area contributed by atoms with E-state index in [2.05, 4.69) is 15.9 Å². The van der Waals surface area contributed by atoms with Gasteiger partial charge in [-0.25, -0.2) is 0 Å². The topological polar surface area (TPSA) is 46.5 Å². The SMILES string of the molecule is COc1cc(/C=C/C(=O)c2ccc(C)cc2)cc(Br)c1O. The fourth-order valence-electron chi connectivity index (χ4n) is 1.83. The molecule has 0 amide bonds. The molecular formula is C17H15BrO3. The molecule has 1 N–H and O–H groups in total. The second-order valence-electron chi connectivity index (χ2n) is 4.62. The first-order valence-electron chi connectivity index (χ1n) is 6.37. The summed E-state index contributed by atoms with van der Waals surface area (Å²) >= 11 is 3.25. The monoisotopic (exact) mass is 346 g/mol. The molecule has 0 aromatic heterocycles. The van der Waals surface area contributed by atoms with E-state index in [1.54, 1.807) is 30.3 Å². The molecule has 0 heterocycles. The van der Waals surface area contributed by atoms with Crippen molar-refractivity contribution in [3.63, 3.8) is 0 Å². The second kappa shape index (κ2) is 6.59. The van der Waals surface area contributed by atoms with Crippen LogP contribution in [0.5, 0.6) is 11.5 Å². The average molecular weight is 347 g/mol. The second-order valence-corrected chi connectivity index (χ2v) is 5.47. The number of halogens is 1. The van der Waals surface area contributed by atoms with Gasteiger partial charge in [-0.1, -0.05) is 35.9 Å². The largest absolute Gasteiger partial charge is 0.503 e. The Morgan fingerprint density at radius 3 is 2.52 bits per heavy atom. The summed E-state index contributed by atoms with van der Waals surface area (Å²) in [6, 6.07) is 10.8. The third-order valence-electron chi connectivity index (χ3n) is 3.03. The highest BCUT2D eigenvalue weighted by atomic mass is 79.9. The number of allylic oxidation sites excluding steroid dienone is 1. The molecule has 0 radical (unpaired) electrons. The molecule has 2 aromatic carbocycles. The average Bonchev–Trinajstić information content (AvgIpc) is 2.48. The first kappa shape index (κ1) is 15.3. The smallest absolute Gasteiger partial charge is 0.185 e. The van der Waals surface area contributed by atoms with Crippen LogP contribution in [-0.4, -0.2) is 18.0 Å². The van der Waals surface area contributed by atoms with Gasteiger partial charge in [0.2, 0.25) is 0 Å². The van der Waals surface area contributed by atoms with Gasteiger partial charge in [0.25, 0.3) is 0 Å². The molecule has 0 saturated carbocycles. The number of ketones is 1. The summed E-state index contributed by atoms with van der Waals surface area (Å²) in [6.45, 7) is 1.98. The van der Waals surface area contributed by atoms with E-state index in [-0.39, 0.29) is 11.5 Å². The maximum absolute atomic E-state index is 12.1.